The third kappa shape index (κ3) is 4.73. The zero-order valence-electron chi connectivity index (χ0n) is 16.0. The number of thioether (sulfide) groups is 1. The number of carboxylic acid groups (broad SMARTS) is 1. The predicted molar refractivity (Wildman–Crippen MR) is 114 cm³/mol. The number of benzene rings is 2. The van der Waals surface area contributed by atoms with Crippen LogP contribution in [-0.4, -0.2) is 47.8 Å². The van der Waals surface area contributed by atoms with Crippen LogP contribution >= 0.6 is 23.4 Å². The average Bonchev–Trinajstić information content (AvgIpc) is 3.29. The second-order valence-corrected chi connectivity index (χ2v) is 8.43. The summed E-state index contributed by atoms with van der Waals surface area (Å²) in [5, 5.41) is 36.4. The molecule has 0 fully saturated rings. The van der Waals surface area contributed by atoms with E-state index in [2.05, 4.69) is 10.1 Å². The van der Waals surface area contributed by atoms with E-state index < -0.39 is 34.9 Å². The van der Waals surface area contributed by atoms with Crippen molar-refractivity contribution in [3.05, 3.63) is 83.2 Å². The number of aliphatic hydroxyl groups excluding tert-OH is 2. The number of nitrogens with two attached hydrogens (primary N) is 1. The van der Waals surface area contributed by atoms with Crippen LogP contribution in [0.3, 0.4) is 0 Å². The number of rotatable bonds is 9. The van der Waals surface area contributed by atoms with E-state index in [1.807, 2.05) is 0 Å². The number of carboxylic acids is 1. The third-order valence-electron chi connectivity index (χ3n) is 4.79. The highest BCUT2D eigenvalue weighted by atomic mass is 35.5. The van der Waals surface area contributed by atoms with E-state index in [4.69, 9.17) is 17.3 Å². The van der Waals surface area contributed by atoms with Gasteiger partial charge in [-0.25, -0.2) is 14.1 Å². The minimum atomic E-state index is -1.67. The lowest BCUT2D eigenvalue weighted by atomic mass is 9.86. The Morgan fingerprint density at radius 3 is 2.48 bits per heavy atom. The van der Waals surface area contributed by atoms with E-state index >= 15 is 0 Å². The van der Waals surface area contributed by atoms with Crippen molar-refractivity contribution in [1.29, 1.82) is 0 Å². The molecule has 0 saturated carbocycles. The molecule has 0 aliphatic carbocycles. The molecule has 1 heterocycles. The molecule has 11 heteroatoms. The SMILES string of the molecule is N[C@@H](CS[C@@](c1ccc(F)cc1)(C(O)n1cncn1)[C@H](O)c1ccccc1Cl)C(=O)O. The smallest absolute Gasteiger partial charge is 0.321 e. The van der Waals surface area contributed by atoms with Gasteiger partial charge in [-0.3, -0.25) is 4.79 Å². The zero-order valence-corrected chi connectivity index (χ0v) is 17.6. The van der Waals surface area contributed by atoms with Gasteiger partial charge in [-0.1, -0.05) is 41.9 Å². The first-order chi connectivity index (χ1) is 14.8. The van der Waals surface area contributed by atoms with Crippen molar-refractivity contribution in [1.82, 2.24) is 14.8 Å². The van der Waals surface area contributed by atoms with E-state index in [0.29, 0.717) is 5.56 Å². The second-order valence-electron chi connectivity index (χ2n) is 6.73. The molecule has 31 heavy (non-hydrogen) atoms. The molecule has 4 atom stereocenters. The Labute approximate surface area is 186 Å². The van der Waals surface area contributed by atoms with E-state index in [0.717, 1.165) is 16.4 Å². The highest BCUT2D eigenvalue weighted by molar-refractivity contribution is 8.00. The van der Waals surface area contributed by atoms with Gasteiger partial charge in [0.15, 0.2) is 6.23 Å². The lowest BCUT2D eigenvalue weighted by Gasteiger charge is -2.42. The molecule has 0 amide bonds. The molecule has 1 unspecified atom stereocenters. The number of aliphatic carboxylic acids is 1. The Morgan fingerprint density at radius 2 is 1.90 bits per heavy atom. The fraction of sp³-hybridized carbons (Fsp3) is 0.250. The molecule has 8 nitrogen and oxygen atoms in total. The van der Waals surface area contributed by atoms with Gasteiger partial charge in [-0.15, -0.1) is 11.8 Å². The van der Waals surface area contributed by atoms with Gasteiger partial charge in [-0.2, -0.15) is 5.10 Å². The lowest BCUT2D eigenvalue weighted by Crippen LogP contribution is -2.43. The Morgan fingerprint density at radius 1 is 1.23 bits per heavy atom. The zero-order chi connectivity index (χ0) is 22.6. The van der Waals surface area contributed by atoms with Crippen molar-refractivity contribution in [3.63, 3.8) is 0 Å². The van der Waals surface area contributed by atoms with Crippen molar-refractivity contribution < 1.29 is 24.5 Å². The van der Waals surface area contributed by atoms with Crippen LogP contribution in [-0.2, 0) is 9.54 Å². The molecule has 2 aromatic carbocycles. The van der Waals surface area contributed by atoms with Crippen LogP contribution in [0.2, 0.25) is 5.02 Å². The number of hydrogen-bond acceptors (Lipinski definition) is 7. The normalized spacial score (nSPS) is 16.3. The van der Waals surface area contributed by atoms with Gasteiger partial charge in [0, 0.05) is 16.3 Å². The van der Waals surface area contributed by atoms with Crippen molar-refractivity contribution in [2.75, 3.05) is 5.75 Å². The van der Waals surface area contributed by atoms with Crippen molar-refractivity contribution in [3.8, 4) is 0 Å². The maximum absolute atomic E-state index is 13.7. The quantitative estimate of drug-likeness (QED) is 0.377. The molecular weight excluding hydrogens is 447 g/mol. The summed E-state index contributed by atoms with van der Waals surface area (Å²) in [7, 11) is 0. The predicted octanol–water partition coefficient (Wildman–Crippen LogP) is 2.34. The highest BCUT2D eigenvalue weighted by Gasteiger charge is 2.50. The van der Waals surface area contributed by atoms with Crippen LogP contribution < -0.4 is 5.73 Å². The number of halogens is 2. The van der Waals surface area contributed by atoms with Crippen LogP contribution in [0.5, 0.6) is 0 Å². The molecule has 5 N–H and O–H groups in total. The van der Waals surface area contributed by atoms with Crippen LogP contribution in [0.25, 0.3) is 0 Å². The topological polar surface area (TPSA) is 134 Å². The average molecular weight is 467 g/mol. The first kappa shape index (κ1) is 23.2. The Hall–Kier alpha value is -2.50. The first-order valence-corrected chi connectivity index (χ1v) is 10.5. The van der Waals surface area contributed by atoms with Gasteiger partial charge in [0.2, 0.25) is 0 Å². The van der Waals surface area contributed by atoms with E-state index in [1.165, 1.54) is 36.9 Å². The highest BCUT2D eigenvalue weighted by Crippen LogP contribution is 2.54. The summed E-state index contributed by atoms with van der Waals surface area (Å²) in [5.74, 6) is -1.95. The summed E-state index contributed by atoms with van der Waals surface area (Å²) in [6.07, 6.45) is -0.553. The maximum atomic E-state index is 13.7. The molecule has 164 valence electrons. The standard InChI is InChI=1S/C20H20ClFN4O4S/c21-15-4-2-1-3-14(15)17(27)20(31-9-16(23)18(28)29,12-5-7-13(22)8-6-12)19(30)26-11-24-10-25-26/h1-8,10-11,16-17,19,27,30H,9,23H2,(H,28,29)/t16-,17+,19?,20+/m0/s1. The molecule has 3 aromatic rings. The fourth-order valence-corrected chi connectivity index (χ4v) is 4.84. The Bertz CT molecular complexity index is 1020. The largest absolute Gasteiger partial charge is 0.480 e. The van der Waals surface area contributed by atoms with Crippen LogP contribution in [0.15, 0.2) is 61.2 Å². The number of aliphatic hydroxyl groups is 2. The van der Waals surface area contributed by atoms with Gasteiger partial charge in [-0.05, 0) is 23.8 Å². The minimum Gasteiger partial charge on any atom is -0.480 e. The minimum absolute atomic E-state index is 0.181. The van der Waals surface area contributed by atoms with Gasteiger partial charge in [0.1, 0.15) is 35.4 Å². The molecule has 3 rings (SSSR count). The maximum Gasteiger partial charge on any atom is 0.321 e. The summed E-state index contributed by atoms with van der Waals surface area (Å²) in [6.45, 7) is 0. The summed E-state index contributed by atoms with van der Waals surface area (Å²) >= 11 is 7.22. The molecule has 1 aromatic heterocycles. The molecule has 0 aliphatic heterocycles. The van der Waals surface area contributed by atoms with Gasteiger partial charge in [0.05, 0.1) is 0 Å². The molecule has 0 aliphatic rings. The fourth-order valence-electron chi connectivity index (χ4n) is 3.16. The van der Waals surface area contributed by atoms with Gasteiger partial charge < -0.3 is 21.1 Å². The molecule has 0 spiro atoms. The van der Waals surface area contributed by atoms with E-state index in [-0.39, 0.29) is 16.3 Å². The Balaban J connectivity index is 2.22. The summed E-state index contributed by atoms with van der Waals surface area (Å²) in [6, 6.07) is 10.4. The Kier molecular flexibility index (Phi) is 7.29. The van der Waals surface area contributed by atoms with Crippen LogP contribution in [0.1, 0.15) is 23.5 Å². The number of carbonyl (C=O) groups is 1. The van der Waals surface area contributed by atoms with E-state index in [9.17, 15) is 24.5 Å². The summed E-state index contributed by atoms with van der Waals surface area (Å²) < 4.78 is 13.1. The molecule has 0 radical (unpaired) electrons. The third-order valence-corrected chi connectivity index (χ3v) is 6.81. The van der Waals surface area contributed by atoms with Crippen molar-refractivity contribution in [2.24, 2.45) is 5.73 Å². The second kappa shape index (κ2) is 9.75. The van der Waals surface area contributed by atoms with Crippen molar-refractivity contribution >= 4 is 29.3 Å². The van der Waals surface area contributed by atoms with Gasteiger partial charge in [0.25, 0.3) is 0 Å². The summed E-state index contributed by atoms with van der Waals surface area (Å²) in [4.78, 5) is 15.2. The lowest BCUT2D eigenvalue weighted by molar-refractivity contribution is -0.137. The molecule has 0 bridgehead atoms. The summed E-state index contributed by atoms with van der Waals surface area (Å²) in [5.41, 5.74) is 6.30. The molecular formula is C20H20ClFN4O4S. The van der Waals surface area contributed by atoms with Crippen molar-refractivity contribution in [2.45, 2.75) is 23.1 Å². The number of nitrogens with zero attached hydrogens (tertiary/aromatic N) is 3. The van der Waals surface area contributed by atoms with Gasteiger partial charge >= 0.3 is 5.97 Å². The monoisotopic (exact) mass is 466 g/mol. The van der Waals surface area contributed by atoms with Crippen LogP contribution in [0, 0.1) is 5.82 Å². The van der Waals surface area contributed by atoms with E-state index in [1.54, 1.807) is 24.3 Å². The molecule has 0 saturated heterocycles. The first-order valence-electron chi connectivity index (χ1n) is 9.10. The number of hydrogen-bond donors (Lipinski definition) is 4. The van der Waals surface area contributed by atoms with Crippen LogP contribution in [0.4, 0.5) is 4.39 Å². The number of aromatic nitrogens is 3.